The summed E-state index contributed by atoms with van der Waals surface area (Å²) in [5, 5.41) is 0. The van der Waals surface area contributed by atoms with Gasteiger partial charge in [-0.1, -0.05) is 12.1 Å². The summed E-state index contributed by atoms with van der Waals surface area (Å²) >= 11 is 2.00. The Morgan fingerprint density at radius 3 is 3.07 bits per heavy atom. The molecule has 1 aliphatic heterocycles. The lowest BCUT2D eigenvalue weighted by Gasteiger charge is -2.17. The largest absolute Gasteiger partial charge is 0.497 e. The van der Waals surface area contributed by atoms with E-state index in [1.54, 1.807) is 7.11 Å². The highest BCUT2D eigenvalue weighted by Crippen LogP contribution is 2.37. The van der Waals surface area contributed by atoms with Crippen LogP contribution >= 0.6 is 11.8 Å². The third-order valence-corrected chi connectivity index (χ3v) is 4.28. The van der Waals surface area contributed by atoms with Gasteiger partial charge in [-0.15, -0.1) is 0 Å². The zero-order valence-corrected chi connectivity index (χ0v) is 9.80. The van der Waals surface area contributed by atoms with E-state index >= 15 is 0 Å². The Morgan fingerprint density at radius 1 is 1.47 bits per heavy atom. The number of methoxy groups -OCH3 is 1. The van der Waals surface area contributed by atoms with Crippen molar-refractivity contribution in [1.29, 1.82) is 0 Å². The summed E-state index contributed by atoms with van der Waals surface area (Å²) in [6.07, 6.45) is 0. The molecule has 2 rings (SSSR count). The van der Waals surface area contributed by atoms with E-state index in [-0.39, 0.29) is 0 Å². The first-order valence-corrected chi connectivity index (χ1v) is 6.42. The Labute approximate surface area is 95.2 Å². The molecule has 1 heterocycles. The second-order valence-electron chi connectivity index (χ2n) is 3.92. The van der Waals surface area contributed by atoms with Gasteiger partial charge in [0, 0.05) is 5.75 Å². The monoisotopic (exact) mass is 223 g/mol. The molecule has 1 aliphatic rings. The van der Waals surface area contributed by atoms with E-state index in [9.17, 15) is 0 Å². The highest BCUT2D eigenvalue weighted by molar-refractivity contribution is 7.99. The first-order valence-electron chi connectivity index (χ1n) is 5.27. The summed E-state index contributed by atoms with van der Waals surface area (Å²) in [5.74, 6) is 4.56. The van der Waals surface area contributed by atoms with E-state index in [0.29, 0.717) is 11.8 Å². The van der Waals surface area contributed by atoms with E-state index in [4.69, 9.17) is 10.5 Å². The summed E-state index contributed by atoms with van der Waals surface area (Å²) in [7, 11) is 1.71. The molecule has 1 fully saturated rings. The molecule has 0 spiro atoms. The fourth-order valence-electron chi connectivity index (χ4n) is 2.07. The van der Waals surface area contributed by atoms with Crippen LogP contribution in [0.3, 0.4) is 0 Å². The van der Waals surface area contributed by atoms with Gasteiger partial charge in [0.05, 0.1) is 7.11 Å². The molecular weight excluding hydrogens is 206 g/mol. The number of thioether (sulfide) groups is 1. The molecule has 0 radical (unpaired) electrons. The van der Waals surface area contributed by atoms with Crippen molar-refractivity contribution in [2.75, 3.05) is 25.2 Å². The number of benzene rings is 1. The predicted molar refractivity (Wildman–Crippen MR) is 65.6 cm³/mol. The van der Waals surface area contributed by atoms with Gasteiger partial charge in [-0.05, 0) is 41.8 Å². The normalized spacial score (nSPS) is 25.5. The Balaban J connectivity index is 2.20. The van der Waals surface area contributed by atoms with Crippen LogP contribution in [0.2, 0.25) is 0 Å². The van der Waals surface area contributed by atoms with Crippen LogP contribution in [0.1, 0.15) is 11.5 Å². The Bertz CT molecular complexity index is 329. The minimum absolute atomic E-state index is 0.607. The summed E-state index contributed by atoms with van der Waals surface area (Å²) < 4.78 is 5.25. The van der Waals surface area contributed by atoms with E-state index in [0.717, 1.165) is 12.3 Å². The van der Waals surface area contributed by atoms with Gasteiger partial charge < -0.3 is 10.5 Å². The van der Waals surface area contributed by atoms with E-state index in [1.165, 1.54) is 17.1 Å². The van der Waals surface area contributed by atoms with Crippen molar-refractivity contribution in [3.8, 4) is 5.75 Å². The Hall–Kier alpha value is -0.670. The lowest BCUT2D eigenvalue weighted by molar-refractivity contribution is 0.413. The SMILES string of the molecule is COc1cccc(C2CSCC2CN)c1. The predicted octanol–water partition coefficient (Wildman–Crippen LogP) is 2.10. The van der Waals surface area contributed by atoms with Gasteiger partial charge in [0.2, 0.25) is 0 Å². The summed E-state index contributed by atoms with van der Waals surface area (Å²) in [6.45, 7) is 0.787. The van der Waals surface area contributed by atoms with Crippen molar-refractivity contribution < 1.29 is 4.74 Å². The molecule has 2 unspecified atom stereocenters. The van der Waals surface area contributed by atoms with Crippen molar-refractivity contribution >= 4 is 11.8 Å². The Kier molecular flexibility index (Phi) is 3.54. The minimum atomic E-state index is 0.607. The van der Waals surface area contributed by atoms with Gasteiger partial charge in [-0.2, -0.15) is 11.8 Å². The van der Waals surface area contributed by atoms with E-state index in [1.807, 2.05) is 17.8 Å². The lowest BCUT2D eigenvalue weighted by atomic mass is 9.89. The first-order chi connectivity index (χ1) is 7.35. The van der Waals surface area contributed by atoms with Crippen molar-refractivity contribution in [2.24, 2.45) is 11.7 Å². The molecule has 1 aromatic carbocycles. The molecule has 1 aromatic rings. The van der Waals surface area contributed by atoms with Crippen molar-refractivity contribution in [3.63, 3.8) is 0 Å². The van der Waals surface area contributed by atoms with Crippen LogP contribution in [0.15, 0.2) is 24.3 Å². The second kappa shape index (κ2) is 4.90. The van der Waals surface area contributed by atoms with Crippen LogP contribution < -0.4 is 10.5 Å². The molecule has 3 heteroatoms. The van der Waals surface area contributed by atoms with Crippen LogP contribution in [-0.2, 0) is 0 Å². The average molecular weight is 223 g/mol. The van der Waals surface area contributed by atoms with Crippen LogP contribution in [0.4, 0.5) is 0 Å². The molecule has 15 heavy (non-hydrogen) atoms. The molecule has 1 saturated heterocycles. The number of rotatable bonds is 3. The zero-order valence-electron chi connectivity index (χ0n) is 8.98. The molecule has 82 valence electrons. The molecule has 0 aromatic heterocycles. The van der Waals surface area contributed by atoms with Crippen molar-refractivity contribution in [1.82, 2.24) is 0 Å². The third kappa shape index (κ3) is 2.29. The number of nitrogens with two attached hydrogens (primary N) is 1. The van der Waals surface area contributed by atoms with Gasteiger partial charge in [0.25, 0.3) is 0 Å². The molecule has 0 aliphatic carbocycles. The maximum absolute atomic E-state index is 5.79. The van der Waals surface area contributed by atoms with Gasteiger partial charge in [0.15, 0.2) is 0 Å². The van der Waals surface area contributed by atoms with E-state index in [2.05, 4.69) is 18.2 Å². The molecule has 0 amide bonds. The third-order valence-electron chi connectivity index (χ3n) is 3.02. The Morgan fingerprint density at radius 2 is 2.33 bits per heavy atom. The smallest absolute Gasteiger partial charge is 0.119 e. The van der Waals surface area contributed by atoms with Gasteiger partial charge >= 0.3 is 0 Å². The highest BCUT2D eigenvalue weighted by atomic mass is 32.2. The zero-order chi connectivity index (χ0) is 10.7. The fraction of sp³-hybridized carbons (Fsp3) is 0.500. The van der Waals surface area contributed by atoms with Crippen LogP contribution in [-0.4, -0.2) is 25.2 Å². The van der Waals surface area contributed by atoms with Crippen LogP contribution in [0.25, 0.3) is 0 Å². The quantitative estimate of drug-likeness (QED) is 0.852. The first kappa shape index (κ1) is 10.8. The maximum atomic E-state index is 5.79. The average Bonchev–Trinajstić information content (AvgIpc) is 2.77. The van der Waals surface area contributed by atoms with Gasteiger partial charge in [0.1, 0.15) is 5.75 Å². The standard InChI is InChI=1S/C12H17NOS/c1-14-11-4-2-3-9(5-11)12-8-15-7-10(12)6-13/h2-5,10,12H,6-8,13H2,1H3. The fourth-order valence-corrected chi connectivity index (χ4v) is 3.60. The number of ether oxygens (including phenoxy) is 1. The van der Waals surface area contributed by atoms with Crippen LogP contribution in [0.5, 0.6) is 5.75 Å². The van der Waals surface area contributed by atoms with Crippen molar-refractivity contribution in [3.05, 3.63) is 29.8 Å². The van der Waals surface area contributed by atoms with Gasteiger partial charge in [-0.25, -0.2) is 0 Å². The number of hydrogen-bond donors (Lipinski definition) is 1. The lowest BCUT2D eigenvalue weighted by Crippen LogP contribution is -2.20. The van der Waals surface area contributed by atoms with E-state index < -0.39 is 0 Å². The second-order valence-corrected chi connectivity index (χ2v) is 4.99. The molecule has 0 saturated carbocycles. The summed E-state index contributed by atoms with van der Waals surface area (Å²) in [5.41, 5.74) is 7.16. The summed E-state index contributed by atoms with van der Waals surface area (Å²) in [6, 6.07) is 8.37. The molecule has 2 atom stereocenters. The van der Waals surface area contributed by atoms with Crippen LogP contribution in [0, 0.1) is 5.92 Å². The molecule has 2 N–H and O–H groups in total. The maximum Gasteiger partial charge on any atom is 0.119 e. The molecule has 0 bridgehead atoms. The highest BCUT2D eigenvalue weighted by Gasteiger charge is 2.27. The molecule has 2 nitrogen and oxygen atoms in total. The molecular formula is C12H17NOS. The minimum Gasteiger partial charge on any atom is -0.497 e. The van der Waals surface area contributed by atoms with Crippen molar-refractivity contribution in [2.45, 2.75) is 5.92 Å². The number of hydrogen-bond acceptors (Lipinski definition) is 3. The summed E-state index contributed by atoms with van der Waals surface area (Å²) in [4.78, 5) is 0. The van der Waals surface area contributed by atoms with Gasteiger partial charge in [-0.3, -0.25) is 0 Å². The topological polar surface area (TPSA) is 35.2 Å².